The number of halogens is 1. The molecule has 0 amide bonds. The van der Waals surface area contributed by atoms with Crippen molar-refractivity contribution in [3.8, 4) is 0 Å². The van der Waals surface area contributed by atoms with Gasteiger partial charge < -0.3 is 19.1 Å². The lowest BCUT2D eigenvalue weighted by Gasteiger charge is -2.12. The fraction of sp³-hybridized carbons (Fsp3) is 0.438. The highest BCUT2D eigenvalue weighted by Crippen LogP contribution is 2.23. The third-order valence-electron chi connectivity index (χ3n) is 3.59. The number of nitrogens with zero attached hydrogens (tertiary/aromatic N) is 2. The number of rotatable bonds is 7. The predicted molar refractivity (Wildman–Crippen MR) is 89.7 cm³/mol. The van der Waals surface area contributed by atoms with Crippen molar-refractivity contribution >= 4 is 23.4 Å². The van der Waals surface area contributed by atoms with Gasteiger partial charge in [-0.1, -0.05) is 35.5 Å². The highest BCUT2D eigenvalue weighted by atomic mass is 35.5. The second-order valence-corrected chi connectivity index (χ2v) is 6.71. The van der Waals surface area contributed by atoms with Crippen LogP contribution in [0.25, 0.3) is 0 Å². The van der Waals surface area contributed by atoms with Crippen molar-refractivity contribution in [3.63, 3.8) is 0 Å². The van der Waals surface area contributed by atoms with Crippen molar-refractivity contribution in [3.05, 3.63) is 46.7 Å². The Balaban J connectivity index is 1.65. The summed E-state index contributed by atoms with van der Waals surface area (Å²) in [5.74, 6) is 0.854. The van der Waals surface area contributed by atoms with E-state index in [9.17, 15) is 5.11 Å². The Bertz CT molecular complexity index is 627. The molecule has 124 valence electrons. The van der Waals surface area contributed by atoms with Gasteiger partial charge in [-0.3, -0.25) is 0 Å². The van der Waals surface area contributed by atoms with Crippen LogP contribution in [0.5, 0.6) is 0 Å². The predicted octanol–water partition coefficient (Wildman–Crippen LogP) is 2.93. The average Bonchev–Trinajstić information content (AvgIpc) is 3.20. The Hall–Kier alpha value is -1.05. The van der Waals surface area contributed by atoms with Crippen LogP contribution in [0.4, 0.5) is 0 Å². The number of hydrogen-bond donors (Lipinski definition) is 1. The number of imidazole rings is 1. The van der Waals surface area contributed by atoms with Crippen molar-refractivity contribution in [1.29, 1.82) is 0 Å². The lowest BCUT2D eigenvalue weighted by Crippen LogP contribution is -2.09. The van der Waals surface area contributed by atoms with Gasteiger partial charge in [0.25, 0.3) is 0 Å². The summed E-state index contributed by atoms with van der Waals surface area (Å²) in [6, 6.07) is 7.71. The molecule has 2 aromatic rings. The monoisotopic (exact) mass is 354 g/mol. The van der Waals surface area contributed by atoms with E-state index in [2.05, 4.69) is 4.98 Å². The van der Waals surface area contributed by atoms with E-state index in [1.807, 2.05) is 28.8 Å². The van der Waals surface area contributed by atoms with Crippen molar-refractivity contribution in [1.82, 2.24) is 9.55 Å². The van der Waals surface area contributed by atoms with Gasteiger partial charge in [-0.2, -0.15) is 0 Å². The van der Waals surface area contributed by atoms with Crippen LogP contribution < -0.4 is 0 Å². The minimum atomic E-state index is -0.0977. The van der Waals surface area contributed by atoms with Crippen molar-refractivity contribution in [2.75, 3.05) is 19.0 Å². The Labute approximate surface area is 144 Å². The van der Waals surface area contributed by atoms with Crippen LogP contribution in [0.15, 0.2) is 35.6 Å². The first-order valence-electron chi connectivity index (χ1n) is 7.52. The molecule has 1 saturated heterocycles. The molecule has 0 bridgehead atoms. The first kappa shape index (κ1) is 16.8. The fourth-order valence-corrected chi connectivity index (χ4v) is 3.48. The second kappa shape index (κ2) is 8.17. The Kier molecular flexibility index (Phi) is 5.96. The van der Waals surface area contributed by atoms with Gasteiger partial charge in [0.05, 0.1) is 31.7 Å². The number of aromatic nitrogens is 2. The summed E-state index contributed by atoms with van der Waals surface area (Å²) in [5, 5.41) is 11.1. The molecule has 0 aliphatic carbocycles. The molecule has 7 heteroatoms. The Morgan fingerprint density at radius 3 is 2.70 bits per heavy atom. The lowest BCUT2D eigenvalue weighted by molar-refractivity contribution is -0.0421. The number of thioether (sulfide) groups is 1. The standard InChI is InChI=1S/C16H19ClN2O3S/c17-13-3-1-12(2-4-13)10-19-14(11-20)9-18-16(19)23-8-5-15-21-6-7-22-15/h1-4,9,15,20H,5-8,10-11H2. The second-order valence-electron chi connectivity index (χ2n) is 5.21. The van der Waals surface area contributed by atoms with E-state index in [4.69, 9.17) is 21.1 Å². The smallest absolute Gasteiger partial charge is 0.168 e. The van der Waals surface area contributed by atoms with Crippen molar-refractivity contribution in [2.45, 2.75) is 31.0 Å². The van der Waals surface area contributed by atoms with Gasteiger partial charge >= 0.3 is 0 Å². The highest BCUT2D eigenvalue weighted by molar-refractivity contribution is 7.99. The van der Waals surface area contributed by atoms with Crippen LogP contribution in [0, 0.1) is 0 Å². The average molecular weight is 355 g/mol. The topological polar surface area (TPSA) is 56.5 Å². The summed E-state index contributed by atoms with van der Waals surface area (Å²) in [6.45, 7) is 1.98. The maximum absolute atomic E-state index is 9.52. The van der Waals surface area contributed by atoms with E-state index in [-0.39, 0.29) is 12.9 Å². The minimum absolute atomic E-state index is 0.0317. The summed E-state index contributed by atoms with van der Waals surface area (Å²) in [7, 11) is 0. The first-order valence-corrected chi connectivity index (χ1v) is 8.88. The molecule has 0 spiro atoms. The van der Waals surface area contributed by atoms with Crippen molar-refractivity contribution in [2.24, 2.45) is 0 Å². The molecule has 23 heavy (non-hydrogen) atoms. The van der Waals surface area contributed by atoms with E-state index in [0.717, 1.165) is 28.6 Å². The third-order valence-corrected chi connectivity index (χ3v) is 4.87. The number of hydrogen-bond acceptors (Lipinski definition) is 5. The van der Waals surface area contributed by atoms with Gasteiger partial charge in [0, 0.05) is 23.7 Å². The van der Waals surface area contributed by atoms with Gasteiger partial charge in [-0.25, -0.2) is 4.98 Å². The van der Waals surface area contributed by atoms with E-state index >= 15 is 0 Å². The normalized spacial score (nSPS) is 15.4. The zero-order valence-electron chi connectivity index (χ0n) is 12.7. The van der Waals surface area contributed by atoms with Crippen LogP contribution in [-0.2, 0) is 22.6 Å². The quantitative estimate of drug-likeness (QED) is 0.775. The first-order chi connectivity index (χ1) is 11.3. The van der Waals surface area contributed by atoms with E-state index < -0.39 is 0 Å². The van der Waals surface area contributed by atoms with Gasteiger partial charge in [0.2, 0.25) is 0 Å². The lowest BCUT2D eigenvalue weighted by atomic mass is 10.2. The molecule has 5 nitrogen and oxygen atoms in total. The maximum Gasteiger partial charge on any atom is 0.168 e. The summed E-state index contributed by atoms with van der Waals surface area (Å²) in [6.07, 6.45) is 2.45. The molecule has 2 heterocycles. The molecule has 1 aliphatic rings. The molecule has 0 radical (unpaired) electrons. The summed E-state index contributed by atoms with van der Waals surface area (Å²) in [4.78, 5) is 4.42. The van der Waals surface area contributed by atoms with E-state index in [1.165, 1.54) is 0 Å². The molecule has 0 saturated carbocycles. The van der Waals surface area contributed by atoms with Crippen molar-refractivity contribution < 1.29 is 14.6 Å². The fourth-order valence-electron chi connectivity index (χ4n) is 2.40. The van der Waals surface area contributed by atoms with E-state index in [0.29, 0.717) is 24.8 Å². The summed E-state index contributed by atoms with van der Waals surface area (Å²) >= 11 is 7.57. The van der Waals surface area contributed by atoms with Crippen LogP contribution in [0.1, 0.15) is 17.7 Å². The Morgan fingerprint density at radius 2 is 2.00 bits per heavy atom. The zero-order chi connectivity index (χ0) is 16.1. The van der Waals surface area contributed by atoms with Gasteiger partial charge in [0.1, 0.15) is 0 Å². The summed E-state index contributed by atoms with van der Waals surface area (Å²) in [5.41, 5.74) is 1.92. The summed E-state index contributed by atoms with van der Waals surface area (Å²) < 4.78 is 12.9. The Morgan fingerprint density at radius 1 is 1.26 bits per heavy atom. The maximum atomic E-state index is 9.52. The van der Waals surface area contributed by atoms with Gasteiger partial charge in [-0.05, 0) is 17.7 Å². The SMILES string of the molecule is OCc1cnc(SCCC2OCCO2)n1Cc1ccc(Cl)cc1. The minimum Gasteiger partial charge on any atom is -0.390 e. The molecule has 1 fully saturated rings. The number of ether oxygens (including phenoxy) is 2. The zero-order valence-corrected chi connectivity index (χ0v) is 14.2. The van der Waals surface area contributed by atoms with Crippen LogP contribution in [0.2, 0.25) is 5.02 Å². The molecule has 1 N–H and O–H groups in total. The molecular weight excluding hydrogens is 336 g/mol. The largest absolute Gasteiger partial charge is 0.390 e. The van der Waals surface area contributed by atoms with Gasteiger partial charge in [-0.15, -0.1) is 0 Å². The molecule has 3 rings (SSSR count). The number of aliphatic hydroxyl groups excluding tert-OH is 1. The molecule has 1 aromatic heterocycles. The molecular formula is C16H19ClN2O3S. The number of benzene rings is 1. The molecule has 1 aromatic carbocycles. The third kappa shape index (κ3) is 4.49. The highest BCUT2D eigenvalue weighted by Gasteiger charge is 2.17. The van der Waals surface area contributed by atoms with Crippen LogP contribution in [-0.4, -0.2) is 39.9 Å². The van der Waals surface area contributed by atoms with E-state index in [1.54, 1.807) is 18.0 Å². The van der Waals surface area contributed by atoms with Gasteiger partial charge in [0.15, 0.2) is 11.4 Å². The molecule has 1 aliphatic heterocycles. The number of aliphatic hydroxyl groups is 1. The molecule has 0 unspecified atom stereocenters. The molecule has 0 atom stereocenters. The van der Waals surface area contributed by atoms with Crippen LogP contribution in [0.3, 0.4) is 0 Å². The van der Waals surface area contributed by atoms with Crippen LogP contribution >= 0.6 is 23.4 Å².